The number of H-pyrrole nitrogens is 1. The van der Waals surface area contributed by atoms with Crippen LogP contribution in [0.15, 0.2) is 84.1 Å². The van der Waals surface area contributed by atoms with Crippen LogP contribution in [0.4, 0.5) is 21.6 Å². The van der Waals surface area contributed by atoms with Crippen LogP contribution in [-0.2, 0) is 16.6 Å². The molecule has 418 valence electrons. The van der Waals surface area contributed by atoms with E-state index < -0.39 is 42.9 Å². The number of nitro groups is 1. The van der Waals surface area contributed by atoms with E-state index in [1.165, 1.54) is 30.4 Å². The van der Waals surface area contributed by atoms with E-state index in [-0.39, 0.29) is 57.2 Å². The lowest BCUT2D eigenvalue weighted by molar-refractivity contribution is -0.384. The summed E-state index contributed by atoms with van der Waals surface area (Å²) >= 11 is 0. The normalized spacial score (nSPS) is 21.7. The SMILES string of the molecule is COc1nc2[nH]cc(F)c2cc1Oc1cc(N2CCC3(CC2)CC(N2CCN(Cc4ccnc5c4OCCO5)C[C@H]2c2ccccc2C(C)C)C3)ccc1C(=O)NS(=O)(=O)c1cnc(NCC2CCC(C)(O)CC2)c([N+](=O)[O-])c1. The van der Waals surface area contributed by atoms with Crippen molar-refractivity contribution < 1.29 is 46.6 Å². The van der Waals surface area contributed by atoms with Crippen molar-refractivity contribution in [1.82, 2.24) is 34.5 Å². The number of rotatable bonds is 16. The van der Waals surface area contributed by atoms with Crippen LogP contribution in [0.5, 0.6) is 29.0 Å². The third-order valence-corrected chi connectivity index (χ3v) is 18.2. The van der Waals surface area contributed by atoms with Gasteiger partial charge in [-0.1, -0.05) is 38.1 Å². The van der Waals surface area contributed by atoms with Gasteiger partial charge in [0.2, 0.25) is 5.82 Å². The largest absolute Gasteiger partial charge is 0.484 e. The van der Waals surface area contributed by atoms with E-state index in [0.29, 0.717) is 76.4 Å². The molecule has 22 heteroatoms. The van der Waals surface area contributed by atoms with Crippen LogP contribution in [0.1, 0.15) is 111 Å². The van der Waals surface area contributed by atoms with Crippen LogP contribution in [0.25, 0.3) is 11.0 Å². The topological polar surface area (TPSA) is 240 Å². The lowest BCUT2D eigenvalue weighted by Gasteiger charge is -2.58. The van der Waals surface area contributed by atoms with Gasteiger partial charge >= 0.3 is 5.69 Å². The van der Waals surface area contributed by atoms with Crippen LogP contribution in [0, 0.1) is 27.3 Å². The van der Waals surface area contributed by atoms with Gasteiger partial charge in [0.05, 0.1) is 34.8 Å². The Labute approximate surface area is 458 Å². The number of methoxy groups -OCH3 is 1. The molecule has 2 aromatic carbocycles. The summed E-state index contributed by atoms with van der Waals surface area (Å²) in [7, 11) is -3.38. The highest BCUT2D eigenvalue weighted by molar-refractivity contribution is 7.90. The molecule has 20 nitrogen and oxygen atoms in total. The number of carbonyl (C=O) groups is 1. The molecule has 3 aliphatic heterocycles. The minimum atomic E-state index is -4.75. The zero-order valence-corrected chi connectivity index (χ0v) is 45.7. The Kier molecular flexibility index (Phi) is 14.9. The van der Waals surface area contributed by atoms with Gasteiger partial charge in [0.25, 0.3) is 27.7 Å². The number of sulfonamides is 1. The number of amides is 1. The fourth-order valence-electron chi connectivity index (χ4n) is 12.4. The molecule has 0 bridgehead atoms. The number of nitrogens with one attached hydrogen (secondary N) is 3. The van der Waals surface area contributed by atoms with Gasteiger partial charge in [-0.25, -0.2) is 27.5 Å². The number of nitrogens with zero attached hydrogens (tertiary/aromatic N) is 7. The first-order chi connectivity index (χ1) is 37.9. The number of aromatic nitrogens is 4. The van der Waals surface area contributed by atoms with Crippen molar-refractivity contribution >= 4 is 44.2 Å². The molecule has 0 unspecified atom stereocenters. The Morgan fingerprint density at radius 3 is 2.53 bits per heavy atom. The lowest BCUT2D eigenvalue weighted by Crippen LogP contribution is -2.60. The first-order valence-electron chi connectivity index (χ1n) is 27.2. The van der Waals surface area contributed by atoms with Gasteiger partial charge in [-0.2, -0.15) is 4.98 Å². The van der Waals surface area contributed by atoms with Crippen molar-refractivity contribution in [2.24, 2.45) is 11.3 Å². The molecule has 0 radical (unpaired) electrons. The van der Waals surface area contributed by atoms with Gasteiger partial charge < -0.3 is 39.3 Å². The summed E-state index contributed by atoms with van der Waals surface area (Å²) in [4.78, 5) is 48.3. The molecular weight excluding hydrogens is 1040 g/mol. The molecule has 79 heavy (non-hydrogen) atoms. The van der Waals surface area contributed by atoms with E-state index in [9.17, 15) is 32.8 Å². The van der Waals surface area contributed by atoms with Crippen molar-refractivity contribution in [2.75, 3.05) is 69.8 Å². The van der Waals surface area contributed by atoms with Crippen LogP contribution in [-0.4, -0.2) is 125 Å². The number of pyridine rings is 3. The zero-order chi connectivity index (χ0) is 55.2. The van der Waals surface area contributed by atoms with Crippen LogP contribution < -0.4 is 33.9 Å². The average Bonchev–Trinajstić information content (AvgIpc) is 3.93. The van der Waals surface area contributed by atoms with Crippen LogP contribution >= 0.6 is 0 Å². The highest BCUT2D eigenvalue weighted by Crippen LogP contribution is 2.54. The molecular formula is C57H67FN10O10S. The van der Waals surface area contributed by atoms with Crippen LogP contribution in [0.2, 0.25) is 0 Å². The number of benzene rings is 2. The summed E-state index contributed by atoms with van der Waals surface area (Å²) in [6.45, 7) is 12.5. The van der Waals surface area contributed by atoms with E-state index in [1.54, 1.807) is 25.3 Å². The maximum Gasteiger partial charge on any atom is 0.312 e. The molecule has 5 aliphatic rings. The molecule has 11 rings (SSSR count). The molecule has 2 saturated heterocycles. The molecule has 1 spiro atoms. The number of aromatic amines is 1. The van der Waals surface area contributed by atoms with Crippen molar-refractivity contribution in [3.8, 4) is 29.0 Å². The molecule has 4 N–H and O–H groups in total. The molecule has 1 atom stereocenters. The van der Waals surface area contributed by atoms with Crippen molar-refractivity contribution in [3.05, 3.63) is 117 Å². The van der Waals surface area contributed by atoms with Gasteiger partial charge in [-0.3, -0.25) is 24.7 Å². The van der Waals surface area contributed by atoms with E-state index >= 15 is 0 Å². The molecule has 2 saturated carbocycles. The summed E-state index contributed by atoms with van der Waals surface area (Å²) < 4.78 is 68.6. The monoisotopic (exact) mass is 1100 g/mol. The number of ether oxygens (including phenoxy) is 4. The number of piperidine rings is 1. The van der Waals surface area contributed by atoms with Crippen LogP contribution in [0.3, 0.4) is 0 Å². The summed E-state index contributed by atoms with van der Waals surface area (Å²) in [6, 6.07) is 18.6. The smallest absolute Gasteiger partial charge is 0.312 e. The first-order valence-corrected chi connectivity index (χ1v) is 28.7. The third kappa shape index (κ3) is 11.2. The molecule has 4 fully saturated rings. The maximum absolute atomic E-state index is 14.9. The Morgan fingerprint density at radius 1 is 1.00 bits per heavy atom. The number of anilines is 2. The first kappa shape index (κ1) is 53.8. The van der Waals surface area contributed by atoms with Gasteiger partial charge in [-0.15, -0.1) is 0 Å². The number of halogens is 1. The third-order valence-electron chi connectivity index (χ3n) is 16.9. The molecule has 4 aromatic heterocycles. The minimum Gasteiger partial charge on any atom is -0.484 e. The summed E-state index contributed by atoms with van der Waals surface area (Å²) in [5, 5.41) is 25.7. The summed E-state index contributed by atoms with van der Waals surface area (Å²) in [5.74, 6) is -0.119. The summed E-state index contributed by atoms with van der Waals surface area (Å²) in [6.07, 6.45) is 10.5. The number of piperazine rings is 1. The standard InChI is InChI=1S/C57H67FN10O10S/c1-35(2)41-7-5-6-8-42(41)47-34-65(33-37-13-18-59-55-50(37)76-23-24-77-55)21-22-67(47)39-28-57(29-39)16-19-66(20-17-57)38-9-10-43(48(25-38)78-49-27-44-45(58)32-62-51(44)63-54(49)75-4)53(69)64-79(73,74)40-26-46(68(71)72)52(61-31-40)60-30-36-11-14-56(3,70)15-12-36/h5-10,13,18,25-27,31-32,35-36,39,47,70H,11-12,14-17,19-24,28-30,33-34H2,1-4H3,(H,60,61)(H,62,63)(H,64,69)/t36?,47-,56?/m0/s1. The zero-order valence-electron chi connectivity index (χ0n) is 44.9. The predicted octanol–water partition coefficient (Wildman–Crippen LogP) is 8.88. The number of fused-ring (bicyclic) bond motifs is 2. The van der Waals surface area contributed by atoms with Gasteiger partial charge in [-0.05, 0) is 105 Å². The van der Waals surface area contributed by atoms with Crippen molar-refractivity contribution in [2.45, 2.75) is 107 Å². The predicted molar refractivity (Wildman–Crippen MR) is 293 cm³/mol. The van der Waals surface area contributed by atoms with E-state index in [2.05, 4.69) is 82.8 Å². The Hall–Kier alpha value is -7.14. The minimum absolute atomic E-state index is 0.0195. The Balaban J connectivity index is 0.803. The second-order valence-electron chi connectivity index (χ2n) is 22.5. The number of carbonyl (C=O) groups excluding carboxylic acids is 1. The second-order valence-corrected chi connectivity index (χ2v) is 24.2. The maximum atomic E-state index is 14.9. The number of hydrogen-bond acceptors (Lipinski definition) is 17. The lowest BCUT2D eigenvalue weighted by atomic mass is 9.59. The van der Waals surface area contributed by atoms with E-state index in [0.717, 1.165) is 87.3 Å². The average molecular weight is 1100 g/mol. The van der Waals surface area contributed by atoms with Gasteiger partial charge in [0, 0.05) is 99.7 Å². The molecule has 6 aromatic rings. The molecule has 2 aliphatic carbocycles. The number of hydrogen-bond donors (Lipinski definition) is 4. The van der Waals surface area contributed by atoms with Crippen molar-refractivity contribution in [3.63, 3.8) is 0 Å². The number of aliphatic hydroxyl groups is 1. The summed E-state index contributed by atoms with van der Waals surface area (Å²) in [5.41, 5.74) is 3.36. The fourth-order valence-corrected chi connectivity index (χ4v) is 13.3. The molecule has 7 heterocycles. The Bertz CT molecular complexity index is 3370. The molecule has 1 amide bonds. The fraction of sp³-hybridized carbons (Fsp3) is 0.474. The van der Waals surface area contributed by atoms with E-state index in [4.69, 9.17) is 18.9 Å². The highest BCUT2D eigenvalue weighted by atomic mass is 32.2. The second kappa shape index (κ2) is 21.8. The van der Waals surface area contributed by atoms with E-state index in [1.807, 2.05) is 6.07 Å². The van der Waals surface area contributed by atoms with Gasteiger partial charge in [0.15, 0.2) is 11.5 Å². The quantitative estimate of drug-likeness (QED) is 0.0523. The van der Waals surface area contributed by atoms with Gasteiger partial charge in [0.1, 0.15) is 35.3 Å². The highest BCUT2D eigenvalue weighted by Gasteiger charge is 2.50. The Morgan fingerprint density at radius 2 is 1.77 bits per heavy atom. The van der Waals surface area contributed by atoms with Crippen molar-refractivity contribution in [1.29, 1.82) is 0 Å².